The summed E-state index contributed by atoms with van der Waals surface area (Å²) in [4.78, 5) is 12.9. The van der Waals surface area contributed by atoms with E-state index in [0.717, 1.165) is 16.3 Å². The number of nitrogens with one attached hydrogen (secondary N) is 1. The number of para-hydroxylation sites is 1. The fraction of sp³-hybridized carbons (Fsp3) is 0.235. The highest BCUT2D eigenvalue weighted by Crippen LogP contribution is 2.17. The number of anilines is 1. The molecule has 0 radical (unpaired) electrons. The SMILES string of the molecule is CSc1ccc(NC(=O)COCCOc2ccccc2)cc1. The van der Waals surface area contributed by atoms with Crippen LogP contribution in [-0.2, 0) is 9.53 Å². The van der Waals surface area contributed by atoms with E-state index in [1.54, 1.807) is 11.8 Å². The molecule has 0 saturated carbocycles. The molecule has 0 atom stereocenters. The molecule has 2 aromatic rings. The molecule has 0 unspecified atom stereocenters. The number of amides is 1. The Morgan fingerprint density at radius 1 is 1.05 bits per heavy atom. The zero-order valence-electron chi connectivity index (χ0n) is 12.5. The first kappa shape index (κ1) is 16.4. The lowest BCUT2D eigenvalue weighted by atomic mass is 10.3. The summed E-state index contributed by atoms with van der Waals surface area (Å²) in [5, 5.41) is 2.79. The fourth-order valence-electron chi connectivity index (χ4n) is 1.77. The van der Waals surface area contributed by atoms with Gasteiger partial charge in [0, 0.05) is 10.6 Å². The van der Waals surface area contributed by atoms with Gasteiger partial charge in [0.1, 0.15) is 19.0 Å². The molecule has 5 heteroatoms. The van der Waals surface area contributed by atoms with E-state index in [2.05, 4.69) is 5.32 Å². The Labute approximate surface area is 134 Å². The van der Waals surface area contributed by atoms with Crippen molar-refractivity contribution in [3.8, 4) is 5.75 Å². The van der Waals surface area contributed by atoms with Crippen molar-refractivity contribution in [1.82, 2.24) is 0 Å². The van der Waals surface area contributed by atoms with Crippen molar-refractivity contribution in [2.45, 2.75) is 4.90 Å². The monoisotopic (exact) mass is 317 g/mol. The van der Waals surface area contributed by atoms with Gasteiger partial charge in [0.15, 0.2) is 0 Å². The van der Waals surface area contributed by atoms with Crippen molar-refractivity contribution >= 4 is 23.4 Å². The number of ether oxygens (including phenoxy) is 2. The van der Waals surface area contributed by atoms with Gasteiger partial charge >= 0.3 is 0 Å². The lowest BCUT2D eigenvalue weighted by Crippen LogP contribution is -2.20. The molecule has 0 aromatic heterocycles. The van der Waals surface area contributed by atoms with Gasteiger partial charge in [-0.3, -0.25) is 4.79 Å². The molecule has 2 rings (SSSR count). The average molecular weight is 317 g/mol. The molecule has 0 aliphatic heterocycles. The standard InChI is InChI=1S/C17H19NO3S/c1-22-16-9-7-14(8-10-16)18-17(19)13-20-11-12-21-15-5-3-2-4-6-15/h2-10H,11-13H2,1H3,(H,18,19). The van der Waals surface area contributed by atoms with Crippen molar-refractivity contribution < 1.29 is 14.3 Å². The molecule has 2 aromatic carbocycles. The predicted molar refractivity (Wildman–Crippen MR) is 89.6 cm³/mol. The third-order valence-corrected chi connectivity index (χ3v) is 3.59. The number of thioether (sulfide) groups is 1. The molecule has 0 saturated heterocycles. The van der Waals surface area contributed by atoms with E-state index in [1.165, 1.54) is 0 Å². The average Bonchev–Trinajstić information content (AvgIpc) is 2.56. The maximum atomic E-state index is 11.7. The topological polar surface area (TPSA) is 47.6 Å². The Morgan fingerprint density at radius 2 is 1.77 bits per heavy atom. The van der Waals surface area contributed by atoms with Crippen LogP contribution in [0.5, 0.6) is 5.75 Å². The molecule has 4 nitrogen and oxygen atoms in total. The summed E-state index contributed by atoms with van der Waals surface area (Å²) in [6.07, 6.45) is 2.01. The van der Waals surface area contributed by atoms with E-state index in [1.807, 2.05) is 60.9 Å². The Balaban J connectivity index is 1.61. The van der Waals surface area contributed by atoms with Gasteiger partial charge in [-0.2, -0.15) is 0 Å². The van der Waals surface area contributed by atoms with E-state index in [0.29, 0.717) is 13.2 Å². The predicted octanol–water partition coefficient (Wildman–Crippen LogP) is 3.44. The molecule has 0 bridgehead atoms. The first-order valence-electron chi connectivity index (χ1n) is 6.97. The van der Waals surface area contributed by atoms with Gasteiger partial charge in [-0.05, 0) is 42.7 Å². The summed E-state index contributed by atoms with van der Waals surface area (Å²) >= 11 is 1.66. The minimum Gasteiger partial charge on any atom is -0.491 e. The number of carbonyl (C=O) groups is 1. The van der Waals surface area contributed by atoms with Crippen LogP contribution in [0.4, 0.5) is 5.69 Å². The highest BCUT2D eigenvalue weighted by molar-refractivity contribution is 7.98. The van der Waals surface area contributed by atoms with Crippen LogP contribution in [0, 0.1) is 0 Å². The number of hydrogen-bond donors (Lipinski definition) is 1. The summed E-state index contributed by atoms with van der Waals surface area (Å²) < 4.78 is 10.8. The Hall–Kier alpha value is -1.98. The Bertz CT molecular complexity index is 572. The van der Waals surface area contributed by atoms with E-state index in [9.17, 15) is 4.79 Å². The fourth-order valence-corrected chi connectivity index (χ4v) is 2.18. The van der Waals surface area contributed by atoms with Crippen LogP contribution >= 0.6 is 11.8 Å². The lowest BCUT2D eigenvalue weighted by Gasteiger charge is -2.08. The van der Waals surface area contributed by atoms with Gasteiger partial charge in [-0.25, -0.2) is 0 Å². The summed E-state index contributed by atoms with van der Waals surface area (Å²) in [6, 6.07) is 17.2. The van der Waals surface area contributed by atoms with Crippen molar-refractivity contribution in [2.24, 2.45) is 0 Å². The van der Waals surface area contributed by atoms with Crippen molar-refractivity contribution in [3.63, 3.8) is 0 Å². The summed E-state index contributed by atoms with van der Waals surface area (Å²) in [5.74, 6) is 0.626. The van der Waals surface area contributed by atoms with Gasteiger partial charge in [0.05, 0.1) is 6.61 Å². The molecular weight excluding hydrogens is 298 g/mol. The van der Waals surface area contributed by atoms with Gasteiger partial charge in [0.2, 0.25) is 5.91 Å². The minimum atomic E-state index is -0.170. The molecule has 1 amide bonds. The number of hydrogen-bond acceptors (Lipinski definition) is 4. The number of carbonyl (C=O) groups excluding carboxylic acids is 1. The minimum absolute atomic E-state index is 0.0163. The van der Waals surface area contributed by atoms with Crippen LogP contribution < -0.4 is 10.1 Å². The second-order valence-corrected chi connectivity index (χ2v) is 5.37. The molecule has 0 aliphatic carbocycles. The number of benzene rings is 2. The number of rotatable bonds is 8. The molecule has 0 spiro atoms. The first-order valence-corrected chi connectivity index (χ1v) is 8.20. The summed E-state index contributed by atoms with van der Waals surface area (Å²) in [7, 11) is 0. The molecule has 1 N–H and O–H groups in total. The molecule has 0 aliphatic rings. The first-order chi connectivity index (χ1) is 10.8. The third kappa shape index (κ3) is 5.79. The summed E-state index contributed by atoms with van der Waals surface area (Å²) in [5.41, 5.74) is 0.770. The van der Waals surface area contributed by atoms with Gasteiger partial charge in [-0.15, -0.1) is 11.8 Å². The van der Waals surface area contributed by atoms with E-state index < -0.39 is 0 Å². The Morgan fingerprint density at radius 3 is 2.45 bits per heavy atom. The van der Waals surface area contributed by atoms with Crippen LogP contribution in [0.15, 0.2) is 59.5 Å². The van der Waals surface area contributed by atoms with Crippen LogP contribution in [-0.4, -0.2) is 32.0 Å². The van der Waals surface area contributed by atoms with Crippen molar-refractivity contribution in [3.05, 3.63) is 54.6 Å². The molecule has 0 heterocycles. The normalized spacial score (nSPS) is 10.2. The quantitative estimate of drug-likeness (QED) is 0.598. The van der Waals surface area contributed by atoms with Crippen molar-refractivity contribution in [2.75, 3.05) is 31.4 Å². The van der Waals surface area contributed by atoms with Gasteiger partial charge < -0.3 is 14.8 Å². The van der Waals surface area contributed by atoms with Gasteiger partial charge in [-0.1, -0.05) is 18.2 Å². The highest BCUT2D eigenvalue weighted by atomic mass is 32.2. The second kappa shape index (κ2) is 9.12. The molecular formula is C17H19NO3S. The Kier molecular flexibility index (Phi) is 6.80. The molecule has 116 valence electrons. The van der Waals surface area contributed by atoms with Crippen LogP contribution in [0.2, 0.25) is 0 Å². The van der Waals surface area contributed by atoms with Crippen LogP contribution in [0.1, 0.15) is 0 Å². The summed E-state index contributed by atoms with van der Waals surface area (Å²) in [6.45, 7) is 0.801. The molecule has 22 heavy (non-hydrogen) atoms. The maximum Gasteiger partial charge on any atom is 0.250 e. The lowest BCUT2D eigenvalue weighted by molar-refractivity contribution is -0.120. The highest BCUT2D eigenvalue weighted by Gasteiger charge is 2.02. The van der Waals surface area contributed by atoms with Crippen LogP contribution in [0.3, 0.4) is 0 Å². The smallest absolute Gasteiger partial charge is 0.250 e. The largest absolute Gasteiger partial charge is 0.491 e. The van der Waals surface area contributed by atoms with Gasteiger partial charge in [0.25, 0.3) is 0 Å². The molecule has 0 fully saturated rings. The maximum absolute atomic E-state index is 11.7. The zero-order valence-corrected chi connectivity index (χ0v) is 13.3. The third-order valence-electron chi connectivity index (χ3n) is 2.85. The van der Waals surface area contributed by atoms with E-state index >= 15 is 0 Å². The van der Waals surface area contributed by atoms with Crippen LogP contribution in [0.25, 0.3) is 0 Å². The van der Waals surface area contributed by atoms with E-state index in [4.69, 9.17) is 9.47 Å². The zero-order chi connectivity index (χ0) is 15.6. The van der Waals surface area contributed by atoms with Crippen molar-refractivity contribution in [1.29, 1.82) is 0 Å². The van der Waals surface area contributed by atoms with E-state index in [-0.39, 0.29) is 12.5 Å². The second-order valence-electron chi connectivity index (χ2n) is 4.49.